The summed E-state index contributed by atoms with van der Waals surface area (Å²) in [6, 6.07) is 5.10. The van der Waals surface area contributed by atoms with Gasteiger partial charge in [0.05, 0.1) is 0 Å². The van der Waals surface area contributed by atoms with Crippen molar-refractivity contribution >= 4 is 35.0 Å². The Morgan fingerprint density at radius 3 is 2.43 bits per heavy atom. The molecular weight excluding hydrogens is 311 g/mol. The average molecular weight is 329 g/mol. The Bertz CT molecular complexity index is 616. The molecule has 1 aliphatic rings. The second kappa shape index (κ2) is 5.18. The van der Waals surface area contributed by atoms with Crippen LogP contribution in [-0.4, -0.2) is 29.3 Å². The van der Waals surface area contributed by atoms with Gasteiger partial charge in [0.25, 0.3) is 0 Å². The number of hydrogen-bond acceptors (Lipinski definition) is 2. The average Bonchev–Trinajstić information content (AvgIpc) is 2.52. The van der Waals surface area contributed by atoms with Gasteiger partial charge in [0, 0.05) is 35.3 Å². The number of rotatable bonds is 3. The molecule has 2 rings (SSSR count). The lowest BCUT2D eigenvalue weighted by Gasteiger charge is -2.42. The van der Waals surface area contributed by atoms with Gasteiger partial charge in [0.15, 0.2) is 0 Å². The van der Waals surface area contributed by atoms with E-state index in [0.717, 1.165) is 5.56 Å². The number of carbonyl (C=O) groups is 2. The lowest BCUT2D eigenvalue weighted by molar-refractivity contribution is -0.140. The Hall–Kier alpha value is -1.26. The van der Waals surface area contributed by atoms with Crippen molar-refractivity contribution in [1.82, 2.24) is 4.90 Å². The summed E-state index contributed by atoms with van der Waals surface area (Å²) in [6.45, 7) is 3.76. The van der Waals surface area contributed by atoms with Crippen molar-refractivity contribution in [3.8, 4) is 0 Å². The third kappa shape index (κ3) is 2.40. The zero-order chi connectivity index (χ0) is 16.0. The molecule has 1 aromatic carbocycles. The number of hydrogen-bond donors (Lipinski definition) is 1. The molecule has 2 N–H and O–H groups in total. The molecular formula is C15H18Cl2N2O2. The SMILES string of the molecule is CN1C(=O)CC(C)(C)[C@@]1(Cc1ccc(Cl)cc1Cl)C(N)=O. The summed E-state index contributed by atoms with van der Waals surface area (Å²) in [5.41, 5.74) is 4.76. The summed E-state index contributed by atoms with van der Waals surface area (Å²) in [6.07, 6.45) is 0.547. The normalized spacial score (nSPS) is 24.4. The fourth-order valence-electron chi connectivity index (χ4n) is 3.19. The Morgan fingerprint density at radius 1 is 1.38 bits per heavy atom. The standard InChI is InChI=1S/C15H18Cl2N2O2/c1-14(2)8-12(20)19(3)15(14,13(18)21)7-9-4-5-10(16)6-11(9)17/h4-6H,7-8H2,1-3H3,(H2,18,21)/t15-/m1/s1. The number of halogens is 2. The van der Waals surface area contributed by atoms with Crippen molar-refractivity contribution in [2.45, 2.75) is 32.2 Å². The zero-order valence-electron chi connectivity index (χ0n) is 12.2. The maximum Gasteiger partial charge on any atom is 0.244 e. The first-order chi connectivity index (χ1) is 9.61. The van der Waals surface area contributed by atoms with Crippen LogP contribution in [0.25, 0.3) is 0 Å². The van der Waals surface area contributed by atoms with Crippen LogP contribution in [-0.2, 0) is 16.0 Å². The Labute approximate surface area is 134 Å². The van der Waals surface area contributed by atoms with E-state index in [0.29, 0.717) is 10.0 Å². The van der Waals surface area contributed by atoms with E-state index in [9.17, 15) is 9.59 Å². The topological polar surface area (TPSA) is 63.4 Å². The molecule has 1 heterocycles. The van der Waals surface area contributed by atoms with Crippen molar-refractivity contribution in [3.05, 3.63) is 33.8 Å². The van der Waals surface area contributed by atoms with E-state index < -0.39 is 16.9 Å². The fraction of sp³-hybridized carbons (Fsp3) is 0.467. The number of amides is 2. The van der Waals surface area contributed by atoms with Gasteiger partial charge in [-0.1, -0.05) is 43.1 Å². The van der Waals surface area contributed by atoms with Gasteiger partial charge in [-0.25, -0.2) is 0 Å². The monoisotopic (exact) mass is 328 g/mol. The van der Waals surface area contributed by atoms with Gasteiger partial charge in [0.1, 0.15) is 5.54 Å². The highest BCUT2D eigenvalue weighted by molar-refractivity contribution is 6.35. The number of nitrogens with zero attached hydrogens (tertiary/aromatic N) is 1. The first-order valence-electron chi connectivity index (χ1n) is 6.62. The second-order valence-corrected chi connectivity index (χ2v) is 6.99. The summed E-state index contributed by atoms with van der Waals surface area (Å²) in [7, 11) is 1.62. The highest BCUT2D eigenvalue weighted by Crippen LogP contribution is 2.47. The lowest BCUT2D eigenvalue weighted by atomic mass is 9.69. The van der Waals surface area contributed by atoms with Gasteiger partial charge in [-0.15, -0.1) is 0 Å². The van der Waals surface area contributed by atoms with E-state index in [1.807, 2.05) is 13.8 Å². The van der Waals surface area contributed by atoms with Crippen LogP contribution in [0.1, 0.15) is 25.8 Å². The van der Waals surface area contributed by atoms with Crippen molar-refractivity contribution in [1.29, 1.82) is 0 Å². The number of benzene rings is 1. The van der Waals surface area contributed by atoms with Crippen LogP contribution in [0.4, 0.5) is 0 Å². The Morgan fingerprint density at radius 2 is 2.00 bits per heavy atom. The molecule has 114 valence electrons. The van der Waals surface area contributed by atoms with Gasteiger partial charge in [-0.05, 0) is 17.7 Å². The number of likely N-dealkylation sites (N-methyl/N-ethyl adjacent to an activating group) is 1. The van der Waals surface area contributed by atoms with Gasteiger partial charge in [0.2, 0.25) is 11.8 Å². The van der Waals surface area contributed by atoms with Crippen LogP contribution in [0, 0.1) is 5.41 Å². The molecule has 0 aromatic heterocycles. The summed E-state index contributed by atoms with van der Waals surface area (Å²) in [5.74, 6) is -0.615. The predicted octanol–water partition coefficient (Wildman–Crippen LogP) is 2.65. The van der Waals surface area contributed by atoms with E-state index in [1.165, 1.54) is 4.90 Å². The minimum Gasteiger partial charge on any atom is -0.368 e. The van der Waals surface area contributed by atoms with E-state index in [1.54, 1.807) is 25.2 Å². The summed E-state index contributed by atoms with van der Waals surface area (Å²) < 4.78 is 0. The maximum atomic E-state index is 12.2. The molecule has 1 atom stereocenters. The smallest absolute Gasteiger partial charge is 0.244 e. The highest BCUT2D eigenvalue weighted by Gasteiger charge is 2.60. The van der Waals surface area contributed by atoms with Crippen molar-refractivity contribution in [2.75, 3.05) is 7.05 Å². The van der Waals surface area contributed by atoms with E-state index in [2.05, 4.69) is 0 Å². The molecule has 0 radical (unpaired) electrons. The van der Waals surface area contributed by atoms with E-state index >= 15 is 0 Å². The molecule has 0 saturated carbocycles. The summed E-state index contributed by atoms with van der Waals surface area (Å²) in [4.78, 5) is 25.8. The molecule has 2 amide bonds. The van der Waals surface area contributed by atoms with Gasteiger partial charge in [-0.2, -0.15) is 0 Å². The zero-order valence-corrected chi connectivity index (χ0v) is 13.8. The Kier molecular flexibility index (Phi) is 3.98. The molecule has 0 bridgehead atoms. The van der Waals surface area contributed by atoms with E-state index in [4.69, 9.17) is 28.9 Å². The minimum atomic E-state index is -1.10. The van der Waals surface area contributed by atoms with Crippen LogP contribution in [0.5, 0.6) is 0 Å². The summed E-state index contributed by atoms with van der Waals surface area (Å²) in [5, 5.41) is 0.985. The lowest BCUT2D eigenvalue weighted by Crippen LogP contribution is -2.61. The van der Waals surface area contributed by atoms with Crippen molar-refractivity contribution in [3.63, 3.8) is 0 Å². The van der Waals surface area contributed by atoms with Crippen molar-refractivity contribution < 1.29 is 9.59 Å². The molecule has 1 saturated heterocycles. The molecule has 21 heavy (non-hydrogen) atoms. The van der Waals surface area contributed by atoms with E-state index in [-0.39, 0.29) is 18.7 Å². The predicted molar refractivity (Wildman–Crippen MR) is 83.3 cm³/mol. The minimum absolute atomic E-state index is 0.0936. The largest absolute Gasteiger partial charge is 0.368 e. The van der Waals surface area contributed by atoms with Crippen LogP contribution < -0.4 is 5.73 Å². The van der Waals surface area contributed by atoms with Gasteiger partial charge < -0.3 is 10.6 Å². The number of primary amides is 1. The molecule has 6 heteroatoms. The van der Waals surface area contributed by atoms with Crippen molar-refractivity contribution in [2.24, 2.45) is 11.1 Å². The molecule has 1 aliphatic heterocycles. The third-order valence-corrected chi connectivity index (χ3v) is 5.12. The summed E-state index contributed by atoms with van der Waals surface area (Å²) >= 11 is 12.1. The van der Waals surface area contributed by atoms with Crippen LogP contribution in [0.15, 0.2) is 18.2 Å². The first kappa shape index (κ1) is 16.1. The number of carbonyl (C=O) groups excluding carboxylic acids is 2. The second-order valence-electron chi connectivity index (χ2n) is 6.15. The molecule has 4 nitrogen and oxygen atoms in total. The first-order valence-corrected chi connectivity index (χ1v) is 7.38. The molecule has 0 aliphatic carbocycles. The number of likely N-dealkylation sites (tertiary alicyclic amines) is 1. The van der Waals surface area contributed by atoms with Crippen LogP contribution in [0.2, 0.25) is 10.0 Å². The Balaban J connectivity index is 2.54. The molecule has 0 unspecified atom stereocenters. The third-order valence-electron chi connectivity index (χ3n) is 4.53. The highest BCUT2D eigenvalue weighted by atomic mass is 35.5. The van der Waals surface area contributed by atoms with Gasteiger partial charge in [-0.3, -0.25) is 9.59 Å². The molecule has 1 fully saturated rings. The maximum absolute atomic E-state index is 12.2. The van der Waals surface area contributed by atoms with Crippen LogP contribution in [0.3, 0.4) is 0 Å². The quantitative estimate of drug-likeness (QED) is 0.927. The number of nitrogens with two attached hydrogens (primary N) is 1. The molecule has 0 spiro atoms. The molecule has 1 aromatic rings. The van der Waals surface area contributed by atoms with Gasteiger partial charge >= 0.3 is 0 Å². The van der Waals surface area contributed by atoms with Crippen LogP contribution >= 0.6 is 23.2 Å². The fourth-order valence-corrected chi connectivity index (χ4v) is 3.67.